The number of hydrogen-bond acceptors (Lipinski definition) is 5. The van der Waals surface area contributed by atoms with Gasteiger partial charge < -0.3 is 23.7 Å². The van der Waals surface area contributed by atoms with E-state index in [2.05, 4.69) is 0 Å². The number of allylic oxidation sites excluding steroid dienone is 2. The molecule has 0 N–H and O–H groups in total. The van der Waals surface area contributed by atoms with Gasteiger partial charge in [0.05, 0.1) is 28.4 Å². The highest BCUT2D eigenvalue weighted by molar-refractivity contribution is 5.74. The average Bonchev–Trinajstić information content (AvgIpc) is 2.72. The van der Waals surface area contributed by atoms with E-state index in [1.54, 1.807) is 28.4 Å². The van der Waals surface area contributed by atoms with Gasteiger partial charge in [0.25, 0.3) is 0 Å². The molecule has 1 aliphatic heterocycles. The molecule has 0 fully saturated rings. The molecule has 0 amide bonds. The largest absolute Gasteiger partial charge is 0.493 e. The van der Waals surface area contributed by atoms with Crippen LogP contribution in [-0.4, -0.2) is 28.4 Å². The molecule has 0 saturated carbocycles. The van der Waals surface area contributed by atoms with E-state index in [0.29, 0.717) is 23.0 Å². The van der Waals surface area contributed by atoms with Crippen LogP contribution in [0.3, 0.4) is 0 Å². The number of hydrogen-bond donors (Lipinski definition) is 0. The van der Waals surface area contributed by atoms with Gasteiger partial charge in [0.15, 0.2) is 23.0 Å². The van der Waals surface area contributed by atoms with Crippen LogP contribution in [0.1, 0.15) is 17.5 Å². The standard InChI is InChI=1S/C21H22O5/c1-22-18-10-8-14(12-20(18)24-3)16-6-5-7-17(26-16)15-9-11-19(23-2)21(13-15)25-4/h6-13H,5H2,1-4H3. The summed E-state index contributed by atoms with van der Waals surface area (Å²) in [5.41, 5.74) is 1.85. The van der Waals surface area contributed by atoms with Crippen molar-refractivity contribution in [2.45, 2.75) is 6.42 Å². The van der Waals surface area contributed by atoms with Crippen LogP contribution in [0.25, 0.3) is 11.5 Å². The normalized spacial score (nSPS) is 13.2. The minimum absolute atomic E-state index is 0.664. The molecule has 1 heterocycles. The van der Waals surface area contributed by atoms with E-state index >= 15 is 0 Å². The fourth-order valence-electron chi connectivity index (χ4n) is 2.81. The summed E-state index contributed by atoms with van der Waals surface area (Å²) in [6.07, 6.45) is 4.84. The molecule has 5 heteroatoms. The number of methoxy groups -OCH3 is 4. The molecule has 0 aliphatic carbocycles. The molecule has 1 aliphatic rings. The zero-order valence-corrected chi connectivity index (χ0v) is 15.4. The second-order valence-electron chi connectivity index (χ2n) is 5.61. The summed E-state index contributed by atoms with van der Waals surface area (Å²) < 4.78 is 27.5. The van der Waals surface area contributed by atoms with Gasteiger partial charge >= 0.3 is 0 Å². The van der Waals surface area contributed by atoms with Gasteiger partial charge in [0, 0.05) is 11.1 Å². The fraction of sp³-hybridized carbons (Fsp3) is 0.238. The molecule has 0 radical (unpaired) electrons. The number of benzene rings is 2. The van der Waals surface area contributed by atoms with Crippen molar-refractivity contribution in [3.05, 3.63) is 59.7 Å². The van der Waals surface area contributed by atoms with Crippen molar-refractivity contribution in [3.8, 4) is 23.0 Å². The van der Waals surface area contributed by atoms with Gasteiger partial charge in [0.1, 0.15) is 11.5 Å². The summed E-state index contributed by atoms with van der Waals surface area (Å²) in [4.78, 5) is 0. The Hall–Kier alpha value is -3.08. The monoisotopic (exact) mass is 354 g/mol. The molecular formula is C21H22O5. The van der Waals surface area contributed by atoms with Gasteiger partial charge in [0.2, 0.25) is 0 Å². The lowest BCUT2D eigenvalue weighted by atomic mass is 10.1. The van der Waals surface area contributed by atoms with Gasteiger partial charge in [-0.1, -0.05) is 0 Å². The Balaban J connectivity index is 1.86. The molecule has 0 atom stereocenters. The Morgan fingerprint density at radius 3 is 1.42 bits per heavy atom. The molecule has 0 saturated heterocycles. The van der Waals surface area contributed by atoms with Crippen LogP contribution in [0.2, 0.25) is 0 Å². The third kappa shape index (κ3) is 3.47. The molecule has 26 heavy (non-hydrogen) atoms. The zero-order valence-electron chi connectivity index (χ0n) is 15.4. The zero-order chi connectivity index (χ0) is 18.5. The molecule has 0 aromatic heterocycles. The van der Waals surface area contributed by atoms with Crippen molar-refractivity contribution in [1.82, 2.24) is 0 Å². The SMILES string of the molecule is COc1ccc(C2=CCC=C(c3ccc(OC)c(OC)c3)O2)cc1OC. The molecule has 2 aromatic rings. The van der Waals surface area contributed by atoms with Crippen molar-refractivity contribution >= 4 is 11.5 Å². The van der Waals surface area contributed by atoms with Gasteiger partial charge in [-0.3, -0.25) is 0 Å². The summed E-state index contributed by atoms with van der Waals surface area (Å²) in [5.74, 6) is 4.25. The van der Waals surface area contributed by atoms with Gasteiger partial charge in [-0.05, 0) is 55.0 Å². The number of ether oxygens (including phenoxy) is 5. The molecule has 3 rings (SSSR count). The predicted molar refractivity (Wildman–Crippen MR) is 101 cm³/mol. The van der Waals surface area contributed by atoms with Gasteiger partial charge in [-0.15, -0.1) is 0 Å². The van der Waals surface area contributed by atoms with E-state index in [1.807, 2.05) is 48.6 Å². The Morgan fingerprint density at radius 2 is 1.04 bits per heavy atom. The quantitative estimate of drug-likeness (QED) is 0.763. The van der Waals surface area contributed by atoms with E-state index in [4.69, 9.17) is 23.7 Å². The number of rotatable bonds is 6. The second-order valence-corrected chi connectivity index (χ2v) is 5.61. The summed E-state index contributed by atoms with van der Waals surface area (Å²) in [5, 5.41) is 0. The highest BCUT2D eigenvalue weighted by atomic mass is 16.5. The van der Waals surface area contributed by atoms with Gasteiger partial charge in [-0.25, -0.2) is 0 Å². The van der Waals surface area contributed by atoms with Crippen molar-refractivity contribution < 1.29 is 23.7 Å². The maximum absolute atomic E-state index is 6.13. The first-order valence-corrected chi connectivity index (χ1v) is 8.23. The first-order chi connectivity index (χ1) is 12.7. The van der Waals surface area contributed by atoms with Crippen molar-refractivity contribution in [3.63, 3.8) is 0 Å². The van der Waals surface area contributed by atoms with E-state index in [9.17, 15) is 0 Å². The van der Waals surface area contributed by atoms with E-state index in [1.165, 1.54) is 0 Å². The highest BCUT2D eigenvalue weighted by Gasteiger charge is 2.16. The van der Waals surface area contributed by atoms with Crippen LogP contribution in [0.15, 0.2) is 48.6 Å². The van der Waals surface area contributed by atoms with Crippen LogP contribution in [0.5, 0.6) is 23.0 Å². The molecule has 2 aromatic carbocycles. The van der Waals surface area contributed by atoms with E-state index < -0.39 is 0 Å². The van der Waals surface area contributed by atoms with Crippen molar-refractivity contribution in [2.24, 2.45) is 0 Å². The minimum Gasteiger partial charge on any atom is -0.493 e. The highest BCUT2D eigenvalue weighted by Crippen LogP contribution is 2.37. The minimum atomic E-state index is 0.664. The van der Waals surface area contributed by atoms with Crippen LogP contribution < -0.4 is 18.9 Å². The third-order valence-electron chi connectivity index (χ3n) is 4.16. The van der Waals surface area contributed by atoms with E-state index in [-0.39, 0.29) is 0 Å². The Kier molecular flexibility index (Phi) is 5.37. The lowest BCUT2D eigenvalue weighted by Crippen LogP contribution is -2.00. The summed E-state index contributed by atoms with van der Waals surface area (Å²) in [6.45, 7) is 0. The summed E-state index contributed by atoms with van der Waals surface area (Å²) in [7, 11) is 6.47. The molecule has 0 bridgehead atoms. The predicted octanol–water partition coefficient (Wildman–Crippen LogP) is 4.52. The third-order valence-corrected chi connectivity index (χ3v) is 4.16. The van der Waals surface area contributed by atoms with Crippen molar-refractivity contribution in [1.29, 1.82) is 0 Å². The summed E-state index contributed by atoms with van der Waals surface area (Å²) in [6, 6.07) is 11.4. The molecular weight excluding hydrogens is 332 g/mol. The summed E-state index contributed by atoms with van der Waals surface area (Å²) >= 11 is 0. The molecule has 0 unspecified atom stereocenters. The maximum Gasteiger partial charge on any atom is 0.161 e. The Bertz CT molecular complexity index is 782. The van der Waals surface area contributed by atoms with Crippen LogP contribution in [0.4, 0.5) is 0 Å². The average molecular weight is 354 g/mol. The van der Waals surface area contributed by atoms with Crippen LogP contribution in [0, 0.1) is 0 Å². The smallest absolute Gasteiger partial charge is 0.161 e. The fourth-order valence-corrected chi connectivity index (χ4v) is 2.81. The first kappa shape index (κ1) is 17.7. The van der Waals surface area contributed by atoms with Gasteiger partial charge in [-0.2, -0.15) is 0 Å². The topological polar surface area (TPSA) is 46.2 Å². The molecule has 5 nitrogen and oxygen atoms in total. The lowest BCUT2D eigenvalue weighted by molar-refractivity contribution is 0.354. The Morgan fingerprint density at radius 1 is 0.615 bits per heavy atom. The molecule has 136 valence electrons. The van der Waals surface area contributed by atoms with Crippen LogP contribution in [-0.2, 0) is 4.74 Å². The maximum atomic E-state index is 6.13. The second kappa shape index (κ2) is 7.87. The van der Waals surface area contributed by atoms with Crippen LogP contribution >= 0.6 is 0 Å². The lowest BCUT2D eigenvalue weighted by Gasteiger charge is -2.19. The molecule has 0 spiro atoms. The van der Waals surface area contributed by atoms with Crippen molar-refractivity contribution in [2.75, 3.05) is 28.4 Å². The Labute approximate surface area is 153 Å². The van der Waals surface area contributed by atoms with E-state index in [0.717, 1.165) is 29.1 Å². The first-order valence-electron chi connectivity index (χ1n) is 8.23.